The number of nitrogens with one attached hydrogen (secondary N) is 1. The van der Waals surface area contributed by atoms with E-state index in [1.54, 1.807) is 54.6 Å². The molecule has 0 bridgehead atoms. The summed E-state index contributed by atoms with van der Waals surface area (Å²) in [6.45, 7) is 0. The second-order valence-electron chi connectivity index (χ2n) is 6.06. The van der Waals surface area contributed by atoms with Crippen LogP contribution in [0.2, 0.25) is 5.02 Å². The first-order valence-electron chi connectivity index (χ1n) is 8.57. The molecule has 1 amide bonds. The monoisotopic (exact) mass is 406 g/mol. The Bertz CT molecular complexity index is 1130. The molecule has 3 aromatic carbocycles. The minimum absolute atomic E-state index is 0.145. The van der Waals surface area contributed by atoms with Crippen LogP contribution in [0, 0.1) is 10.1 Å². The van der Waals surface area contributed by atoms with Crippen molar-refractivity contribution in [1.29, 1.82) is 0 Å². The van der Waals surface area contributed by atoms with Gasteiger partial charge in [-0.05, 0) is 35.9 Å². The van der Waals surface area contributed by atoms with Gasteiger partial charge in [0.1, 0.15) is 0 Å². The number of hydrogen-bond donors (Lipinski definition) is 1. The fourth-order valence-electron chi connectivity index (χ4n) is 2.60. The minimum Gasteiger partial charge on any atom is -0.322 e. The Hall–Kier alpha value is -3.77. The zero-order valence-electron chi connectivity index (χ0n) is 15.0. The van der Waals surface area contributed by atoms with E-state index in [2.05, 4.69) is 5.32 Å². The molecule has 0 fully saturated rings. The number of nitro groups is 1. The summed E-state index contributed by atoms with van der Waals surface area (Å²) in [6.07, 6.45) is 2.90. The van der Waals surface area contributed by atoms with Gasteiger partial charge < -0.3 is 5.32 Å². The van der Waals surface area contributed by atoms with E-state index in [0.29, 0.717) is 21.8 Å². The van der Waals surface area contributed by atoms with Gasteiger partial charge in [-0.25, -0.2) is 0 Å². The smallest absolute Gasteiger partial charge is 0.270 e. The number of benzene rings is 3. The Kier molecular flexibility index (Phi) is 6.16. The maximum Gasteiger partial charge on any atom is 0.270 e. The molecule has 0 atom stereocenters. The van der Waals surface area contributed by atoms with Crippen LogP contribution < -0.4 is 5.32 Å². The molecule has 0 aliphatic carbocycles. The van der Waals surface area contributed by atoms with Crippen molar-refractivity contribution in [3.8, 4) is 0 Å². The van der Waals surface area contributed by atoms with Crippen LogP contribution in [0.1, 0.15) is 26.3 Å². The summed E-state index contributed by atoms with van der Waals surface area (Å²) in [5.74, 6) is -0.705. The van der Waals surface area contributed by atoms with Gasteiger partial charge in [0.15, 0.2) is 5.78 Å². The number of carbonyl (C=O) groups is 2. The second-order valence-corrected chi connectivity index (χ2v) is 6.47. The number of nitrogens with zero attached hydrogens (tertiary/aromatic N) is 1. The highest BCUT2D eigenvalue weighted by molar-refractivity contribution is 6.34. The van der Waals surface area contributed by atoms with Crippen molar-refractivity contribution < 1.29 is 14.5 Å². The van der Waals surface area contributed by atoms with E-state index in [1.165, 1.54) is 30.3 Å². The Morgan fingerprint density at radius 1 is 0.966 bits per heavy atom. The Labute approximate surface area is 171 Å². The van der Waals surface area contributed by atoms with Crippen molar-refractivity contribution in [2.24, 2.45) is 0 Å². The van der Waals surface area contributed by atoms with Crippen LogP contribution in [0.3, 0.4) is 0 Å². The fourth-order valence-corrected chi connectivity index (χ4v) is 2.83. The van der Waals surface area contributed by atoms with Crippen molar-refractivity contribution >= 4 is 40.7 Å². The first-order chi connectivity index (χ1) is 13.9. The van der Waals surface area contributed by atoms with E-state index in [0.717, 1.165) is 0 Å². The van der Waals surface area contributed by atoms with Crippen molar-refractivity contribution in [3.05, 3.63) is 111 Å². The standard InChI is InChI=1S/C22H15ClN2O4/c23-20-10-2-1-9-19(20)22(27)24-17-7-3-5-15(13-17)11-12-21(26)16-6-4-8-18(14-16)25(28)29/h1-14H,(H,24,27)/b12-11+. The summed E-state index contributed by atoms with van der Waals surface area (Å²) in [5.41, 5.74) is 1.66. The van der Waals surface area contributed by atoms with Gasteiger partial charge >= 0.3 is 0 Å². The molecular weight excluding hydrogens is 392 g/mol. The molecule has 0 saturated carbocycles. The lowest BCUT2D eigenvalue weighted by atomic mass is 10.1. The van der Waals surface area contributed by atoms with Gasteiger partial charge in [0.2, 0.25) is 0 Å². The molecule has 7 heteroatoms. The maximum atomic E-state index is 12.4. The summed E-state index contributed by atoms with van der Waals surface area (Å²) in [7, 11) is 0. The van der Waals surface area contributed by atoms with E-state index in [-0.39, 0.29) is 22.9 Å². The highest BCUT2D eigenvalue weighted by Gasteiger charge is 2.11. The molecule has 6 nitrogen and oxygen atoms in total. The number of allylic oxidation sites excluding steroid dienone is 1. The highest BCUT2D eigenvalue weighted by atomic mass is 35.5. The average molecular weight is 407 g/mol. The van der Waals surface area contributed by atoms with E-state index < -0.39 is 4.92 Å². The second kappa shape index (κ2) is 8.95. The number of carbonyl (C=O) groups excluding carboxylic acids is 2. The highest BCUT2D eigenvalue weighted by Crippen LogP contribution is 2.19. The number of rotatable bonds is 6. The number of ketones is 1. The molecule has 0 spiro atoms. The van der Waals surface area contributed by atoms with Crippen molar-refractivity contribution in [2.75, 3.05) is 5.32 Å². The molecule has 0 heterocycles. The molecule has 0 aliphatic heterocycles. The van der Waals surface area contributed by atoms with Crippen LogP contribution in [0.15, 0.2) is 78.9 Å². The van der Waals surface area contributed by atoms with Crippen LogP contribution in [-0.2, 0) is 0 Å². The third kappa shape index (κ3) is 5.15. The van der Waals surface area contributed by atoms with Crippen LogP contribution in [0.25, 0.3) is 6.08 Å². The van der Waals surface area contributed by atoms with Gasteiger partial charge in [-0.1, -0.05) is 54.1 Å². The van der Waals surface area contributed by atoms with Gasteiger partial charge in [-0.2, -0.15) is 0 Å². The lowest BCUT2D eigenvalue weighted by Gasteiger charge is -2.07. The van der Waals surface area contributed by atoms with Gasteiger partial charge in [0, 0.05) is 23.4 Å². The topological polar surface area (TPSA) is 89.3 Å². The van der Waals surface area contributed by atoms with Crippen LogP contribution in [0.5, 0.6) is 0 Å². The number of nitro benzene ring substituents is 1. The number of halogens is 1. The third-order valence-corrected chi connectivity index (χ3v) is 4.36. The first-order valence-corrected chi connectivity index (χ1v) is 8.94. The van der Waals surface area contributed by atoms with Crippen LogP contribution in [0.4, 0.5) is 11.4 Å². The van der Waals surface area contributed by atoms with Gasteiger partial charge in [-0.3, -0.25) is 19.7 Å². The molecule has 29 heavy (non-hydrogen) atoms. The van der Waals surface area contributed by atoms with Crippen molar-refractivity contribution in [3.63, 3.8) is 0 Å². The zero-order valence-corrected chi connectivity index (χ0v) is 15.8. The molecule has 0 unspecified atom stereocenters. The molecule has 3 aromatic rings. The lowest BCUT2D eigenvalue weighted by Crippen LogP contribution is -2.12. The lowest BCUT2D eigenvalue weighted by molar-refractivity contribution is -0.384. The summed E-state index contributed by atoms with van der Waals surface area (Å²) < 4.78 is 0. The van der Waals surface area contributed by atoms with Crippen molar-refractivity contribution in [2.45, 2.75) is 0 Å². The predicted octanol–water partition coefficient (Wildman–Crippen LogP) is 5.40. The molecule has 144 valence electrons. The number of amides is 1. The normalized spacial score (nSPS) is 10.7. The molecule has 0 radical (unpaired) electrons. The SMILES string of the molecule is O=C(/C=C/c1cccc(NC(=O)c2ccccc2Cl)c1)c1cccc([N+](=O)[O-])c1. The number of hydrogen-bond acceptors (Lipinski definition) is 4. The Morgan fingerprint density at radius 3 is 2.48 bits per heavy atom. The third-order valence-electron chi connectivity index (χ3n) is 4.03. The molecule has 0 aliphatic rings. The summed E-state index contributed by atoms with van der Waals surface area (Å²) >= 11 is 6.04. The first kappa shape index (κ1) is 20.0. The van der Waals surface area contributed by atoms with Crippen LogP contribution >= 0.6 is 11.6 Å². The van der Waals surface area contributed by atoms with Crippen molar-refractivity contribution in [1.82, 2.24) is 0 Å². The molecule has 3 rings (SSSR count). The average Bonchev–Trinajstić information content (AvgIpc) is 2.72. The van der Waals surface area contributed by atoms with E-state index >= 15 is 0 Å². The molecular formula is C22H15ClN2O4. The van der Waals surface area contributed by atoms with E-state index in [1.807, 2.05) is 0 Å². The Balaban J connectivity index is 1.73. The molecule has 0 aromatic heterocycles. The molecule has 0 saturated heterocycles. The Morgan fingerprint density at radius 2 is 1.72 bits per heavy atom. The quantitative estimate of drug-likeness (QED) is 0.257. The molecule has 1 N–H and O–H groups in total. The largest absolute Gasteiger partial charge is 0.322 e. The summed E-state index contributed by atoms with van der Waals surface area (Å²) in [4.78, 5) is 34.9. The zero-order chi connectivity index (χ0) is 20.8. The summed E-state index contributed by atoms with van der Waals surface area (Å²) in [6, 6.07) is 19.2. The maximum absolute atomic E-state index is 12.4. The van der Waals surface area contributed by atoms with E-state index in [4.69, 9.17) is 11.6 Å². The predicted molar refractivity (Wildman–Crippen MR) is 112 cm³/mol. The number of anilines is 1. The summed E-state index contributed by atoms with van der Waals surface area (Å²) in [5, 5.41) is 13.9. The number of non-ortho nitro benzene ring substituents is 1. The van der Waals surface area contributed by atoms with E-state index in [9.17, 15) is 19.7 Å². The van der Waals surface area contributed by atoms with Gasteiger partial charge in [-0.15, -0.1) is 0 Å². The van der Waals surface area contributed by atoms with Crippen LogP contribution in [-0.4, -0.2) is 16.6 Å². The fraction of sp³-hybridized carbons (Fsp3) is 0. The minimum atomic E-state index is -0.550. The van der Waals surface area contributed by atoms with Gasteiger partial charge in [0.25, 0.3) is 11.6 Å². The van der Waals surface area contributed by atoms with Gasteiger partial charge in [0.05, 0.1) is 15.5 Å².